The number of benzene rings is 2. The summed E-state index contributed by atoms with van der Waals surface area (Å²) in [6, 6.07) is 21.5. The van der Waals surface area contributed by atoms with Crippen LogP contribution in [0, 0.1) is 5.95 Å². The molecule has 3 aromatic rings. The molecule has 0 bridgehead atoms. The van der Waals surface area contributed by atoms with Gasteiger partial charge >= 0.3 is 0 Å². The van der Waals surface area contributed by atoms with Gasteiger partial charge in [-0.1, -0.05) is 36.4 Å². The molecule has 0 fully saturated rings. The van der Waals surface area contributed by atoms with Gasteiger partial charge < -0.3 is 10.1 Å². The van der Waals surface area contributed by atoms with Gasteiger partial charge in [-0.15, -0.1) is 0 Å². The third kappa shape index (κ3) is 3.36. The van der Waals surface area contributed by atoms with Crippen molar-refractivity contribution in [2.75, 3.05) is 5.32 Å². The summed E-state index contributed by atoms with van der Waals surface area (Å²) in [6.45, 7) is 0. The molecule has 4 heteroatoms. The maximum Gasteiger partial charge on any atom is 0.214 e. The quantitative estimate of drug-likeness (QED) is 0.700. The summed E-state index contributed by atoms with van der Waals surface area (Å²) in [5.41, 5.74) is 0.722. The van der Waals surface area contributed by atoms with Crippen LogP contribution in [0.4, 0.5) is 15.9 Å². The summed E-state index contributed by atoms with van der Waals surface area (Å²) in [5, 5.41) is 3.06. The van der Waals surface area contributed by atoms with E-state index in [-0.39, 0.29) is 0 Å². The van der Waals surface area contributed by atoms with Crippen LogP contribution in [0.25, 0.3) is 0 Å². The van der Waals surface area contributed by atoms with E-state index in [0.29, 0.717) is 11.6 Å². The summed E-state index contributed by atoms with van der Waals surface area (Å²) >= 11 is 0. The summed E-state index contributed by atoms with van der Waals surface area (Å²) < 4.78 is 19.0. The number of anilines is 2. The molecule has 1 N–H and O–H groups in total. The zero-order valence-electron chi connectivity index (χ0n) is 11.2. The minimum Gasteiger partial charge on any atom is -0.455 e. The van der Waals surface area contributed by atoms with Crippen molar-refractivity contribution in [3.05, 3.63) is 78.7 Å². The van der Waals surface area contributed by atoms with E-state index in [1.807, 2.05) is 54.6 Å². The number of para-hydroxylation sites is 3. The van der Waals surface area contributed by atoms with Gasteiger partial charge in [0, 0.05) is 0 Å². The molecule has 0 saturated heterocycles. The van der Waals surface area contributed by atoms with Gasteiger partial charge in [0.05, 0.1) is 5.69 Å². The lowest BCUT2D eigenvalue weighted by atomic mass is 10.3. The second-order valence-electron chi connectivity index (χ2n) is 4.38. The first-order valence-electron chi connectivity index (χ1n) is 6.53. The molecule has 0 spiro atoms. The van der Waals surface area contributed by atoms with E-state index < -0.39 is 5.95 Å². The lowest BCUT2D eigenvalue weighted by Crippen LogP contribution is -1.97. The first-order valence-corrected chi connectivity index (χ1v) is 6.53. The Morgan fingerprint density at radius 3 is 2.38 bits per heavy atom. The van der Waals surface area contributed by atoms with Crippen LogP contribution in [0.1, 0.15) is 0 Å². The number of halogens is 1. The van der Waals surface area contributed by atoms with Crippen LogP contribution in [0.2, 0.25) is 0 Å². The van der Waals surface area contributed by atoms with Gasteiger partial charge in [0.2, 0.25) is 5.95 Å². The topological polar surface area (TPSA) is 34.1 Å². The number of hydrogen-bond acceptors (Lipinski definition) is 3. The molecule has 0 aliphatic rings. The summed E-state index contributed by atoms with van der Waals surface area (Å²) in [6.07, 6.45) is 0. The highest BCUT2D eigenvalue weighted by Gasteiger charge is 2.05. The van der Waals surface area contributed by atoms with Gasteiger partial charge in [-0.3, -0.25) is 0 Å². The van der Waals surface area contributed by atoms with E-state index >= 15 is 0 Å². The number of rotatable bonds is 4. The maximum absolute atomic E-state index is 13.1. The molecule has 21 heavy (non-hydrogen) atoms. The third-order valence-corrected chi connectivity index (χ3v) is 2.84. The van der Waals surface area contributed by atoms with E-state index in [2.05, 4.69) is 10.3 Å². The van der Waals surface area contributed by atoms with E-state index in [4.69, 9.17) is 4.74 Å². The van der Waals surface area contributed by atoms with Crippen LogP contribution in [-0.2, 0) is 0 Å². The Kier molecular flexibility index (Phi) is 3.78. The van der Waals surface area contributed by atoms with E-state index in [1.54, 1.807) is 12.1 Å². The molecular weight excluding hydrogens is 267 g/mol. The first-order chi connectivity index (χ1) is 10.3. The molecule has 0 unspecified atom stereocenters. The molecule has 0 aliphatic heterocycles. The van der Waals surface area contributed by atoms with Gasteiger partial charge in [0.25, 0.3) is 0 Å². The number of aromatic nitrogens is 1. The molecule has 0 amide bonds. The Labute approximate surface area is 122 Å². The molecule has 1 aromatic heterocycles. The minimum atomic E-state index is -0.526. The highest BCUT2D eigenvalue weighted by Crippen LogP contribution is 2.30. The average molecular weight is 280 g/mol. The number of nitrogens with zero attached hydrogens (tertiary/aromatic N) is 1. The van der Waals surface area contributed by atoms with Crippen molar-refractivity contribution < 1.29 is 9.13 Å². The van der Waals surface area contributed by atoms with Gasteiger partial charge in [-0.05, 0) is 36.4 Å². The average Bonchev–Trinajstić information content (AvgIpc) is 2.50. The zero-order chi connectivity index (χ0) is 14.5. The van der Waals surface area contributed by atoms with Crippen LogP contribution in [-0.4, -0.2) is 4.98 Å². The molecule has 104 valence electrons. The van der Waals surface area contributed by atoms with Crippen molar-refractivity contribution in [2.24, 2.45) is 0 Å². The second-order valence-corrected chi connectivity index (χ2v) is 4.38. The highest BCUT2D eigenvalue weighted by molar-refractivity contribution is 5.64. The molecule has 3 rings (SSSR count). The molecule has 3 nitrogen and oxygen atoms in total. The van der Waals surface area contributed by atoms with Crippen molar-refractivity contribution in [2.45, 2.75) is 0 Å². The molecular formula is C17H13FN2O. The van der Waals surface area contributed by atoms with E-state index in [0.717, 1.165) is 11.4 Å². The van der Waals surface area contributed by atoms with Crippen molar-refractivity contribution >= 4 is 11.5 Å². The summed E-state index contributed by atoms with van der Waals surface area (Å²) in [5.74, 6) is 1.29. The van der Waals surface area contributed by atoms with Crippen LogP contribution < -0.4 is 10.1 Å². The van der Waals surface area contributed by atoms with Crippen molar-refractivity contribution in [1.29, 1.82) is 0 Å². The van der Waals surface area contributed by atoms with Crippen LogP contribution in [0.5, 0.6) is 11.5 Å². The van der Waals surface area contributed by atoms with Gasteiger partial charge in [-0.25, -0.2) is 4.98 Å². The molecule has 1 heterocycles. The Bertz CT molecular complexity index is 732. The fourth-order valence-electron chi connectivity index (χ4n) is 1.89. The van der Waals surface area contributed by atoms with Crippen molar-refractivity contribution in [3.8, 4) is 11.5 Å². The highest BCUT2D eigenvalue weighted by atomic mass is 19.1. The van der Waals surface area contributed by atoms with Crippen LogP contribution >= 0.6 is 0 Å². The SMILES string of the molecule is Fc1cccc(Nc2ccccc2Oc2ccccc2)n1. The molecule has 0 aliphatic carbocycles. The predicted molar refractivity (Wildman–Crippen MR) is 80.4 cm³/mol. The van der Waals surface area contributed by atoms with E-state index in [9.17, 15) is 4.39 Å². The number of ether oxygens (including phenoxy) is 1. The fraction of sp³-hybridized carbons (Fsp3) is 0. The van der Waals surface area contributed by atoms with Gasteiger partial charge in [-0.2, -0.15) is 4.39 Å². The Hall–Kier alpha value is -2.88. The lowest BCUT2D eigenvalue weighted by Gasteiger charge is -2.12. The third-order valence-electron chi connectivity index (χ3n) is 2.84. The molecule has 0 atom stereocenters. The van der Waals surface area contributed by atoms with Crippen molar-refractivity contribution in [1.82, 2.24) is 4.98 Å². The number of hydrogen-bond donors (Lipinski definition) is 1. The van der Waals surface area contributed by atoms with Gasteiger partial charge in [0.15, 0.2) is 5.75 Å². The lowest BCUT2D eigenvalue weighted by molar-refractivity contribution is 0.485. The number of pyridine rings is 1. The Balaban J connectivity index is 1.86. The molecule has 0 saturated carbocycles. The summed E-state index contributed by atoms with van der Waals surface area (Å²) in [7, 11) is 0. The van der Waals surface area contributed by atoms with Crippen molar-refractivity contribution in [3.63, 3.8) is 0 Å². The minimum absolute atomic E-state index is 0.430. The Morgan fingerprint density at radius 1 is 0.810 bits per heavy atom. The van der Waals surface area contributed by atoms with Gasteiger partial charge in [0.1, 0.15) is 11.6 Å². The smallest absolute Gasteiger partial charge is 0.214 e. The predicted octanol–water partition coefficient (Wildman–Crippen LogP) is 4.76. The maximum atomic E-state index is 13.1. The van der Waals surface area contributed by atoms with Crippen LogP contribution in [0.3, 0.4) is 0 Å². The normalized spacial score (nSPS) is 10.1. The standard InChI is InChI=1S/C17H13FN2O/c18-16-11-6-12-17(20-16)19-14-9-4-5-10-15(14)21-13-7-2-1-3-8-13/h1-12H,(H,19,20). The van der Waals surface area contributed by atoms with E-state index in [1.165, 1.54) is 6.07 Å². The number of nitrogens with one attached hydrogen (secondary N) is 1. The second kappa shape index (κ2) is 6.05. The monoisotopic (exact) mass is 280 g/mol. The summed E-state index contributed by atoms with van der Waals surface area (Å²) in [4.78, 5) is 3.78. The molecule has 2 aromatic carbocycles. The first kappa shape index (κ1) is 13.1. The zero-order valence-corrected chi connectivity index (χ0v) is 11.2. The van der Waals surface area contributed by atoms with Crippen LogP contribution in [0.15, 0.2) is 72.8 Å². The largest absolute Gasteiger partial charge is 0.455 e. The Morgan fingerprint density at radius 2 is 1.57 bits per heavy atom. The molecule has 0 radical (unpaired) electrons. The fourth-order valence-corrected chi connectivity index (χ4v) is 1.89.